The van der Waals surface area contributed by atoms with Crippen molar-refractivity contribution in [1.29, 1.82) is 0 Å². The number of hydrogen-bond donors (Lipinski definition) is 3. The minimum Gasteiger partial charge on any atom is -0.744 e. The van der Waals surface area contributed by atoms with Gasteiger partial charge in [-0.1, -0.05) is 17.7 Å². The monoisotopic (exact) mass is 271 g/mol. The second kappa shape index (κ2) is 4.45. The van der Waals surface area contributed by atoms with Crippen LogP contribution >= 0.6 is 0 Å². The van der Waals surface area contributed by atoms with Gasteiger partial charge < -0.3 is 20.9 Å². The van der Waals surface area contributed by atoms with Crippen molar-refractivity contribution in [2.45, 2.75) is 11.8 Å². The van der Waals surface area contributed by atoms with Crippen LogP contribution in [0.25, 0.3) is 10.8 Å². The normalized spacial score (nSPS) is 11.2. The Kier molecular flexibility index (Phi) is 3.52. The minimum atomic E-state index is -4.82. The van der Waals surface area contributed by atoms with E-state index in [1.54, 1.807) is 19.1 Å². The van der Waals surface area contributed by atoms with Crippen molar-refractivity contribution in [3.05, 3.63) is 29.8 Å². The Labute approximate surface area is 104 Å². The fourth-order valence-electron chi connectivity index (χ4n) is 1.67. The highest BCUT2D eigenvalue weighted by Crippen LogP contribution is 2.37. The smallest absolute Gasteiger partial charge is 0.141 e. The van der Waals surface area contributed by atoms with Crippen LogP contribution < -0.4 is 6.15 Å². The molecule has 2 rings (SSSR count). The SMILES string of the molecule is Cc1ccc2c(O)c(S(=O)(=O)[O-])cc(O)c2c1.[NH4+]. The summed E-state index contributed by atoms with van der Waals surface area (Å²) in [5.41, 5.74) is 0.838. The lowest BCUT2D eigenvalue weighted by atomic mass is 10.1. The Bertz CT molecular complexity index is 709. The average molecular weight is 271 g/mol. The standard InChI is InChI=1S/C11H10O5S.H3N/c1-6-2-3-7-8(4-6)9(12)5-10(11(7)13)17(14,15)16;/h2-5,12-13H,1H3,(H,14,15,16);1H3. The summed E-state index contributed by atoms with van der Waals surface area (Å²) < 4.78 is 32.7. The van der Waals surface area contributed by atoms with E-state index in [0.717, 1.165) is 11.6 Å². The second-order valence-corrected chi connectivity index (χ2v) is 5.09. The number of rotatable bonds is 1. The van der Waals surface area contributed by atoms with Crippen molar-refractivity contribution in [2.75, 3.05) is 0 Å². The van der Waals surface area contributed by atoms with Gasteiger partial charge in [0.15, 0.2) is 0 Å². The summed E-state index contributed by atoms with van der Waals surface area (Å²) in [7, 11) is -4.82. The molecule has 0 saturated carbocycles. The average Bonchev–Trinajstić information content (AvgIpc) is 2.21. The molecule has 0 radical (unpaired) electrons. The second-order valence-electron chi connectivity index (χ2n) is 3.75. The lowest BCUT2D eigenvalue weighted by Gasteiger charge is -2.13. The van der Waals surface area contributed by atoms with Gasteiger partial charge in [0, 0.05) is 16.8 Å². The molecule has 0 unspecified atom stereocenters. The quantitative estimate of drug-likeness (QED) is 0.537. The molecule has 0 spiro atoms. The third-order valence-corrected chi connectivity index (χ3v) is 3.33. The molecule has 7 heteroatoms. The summed E-state index contributed by atoms with van der Waals surface area (Å²) in [5, 5.41) is 19.8. The highest BCUT2D eigenvalue weighted by atomic mass is 32.2. The largest absolute Gasteiger partial charge is 0.744 e. The van der Waals surface area contributed by atoms with E-state index in [4.69, 9.17) is 0 Å². The highest BCUT2D eigenvalue weighted by Gasteiger charge is 2.15. The Hall–Kier alpha value is -1.83. The van der Waals surface area contributed by atoms with Gasteiger partial charge in [0.05, 0.1) is 0 Å². The van der Waals surface area contributed by atoms with Crippen molar-refractivity contribution < 1.29 is 23.2 Å². The Balaban J connectivity index is 0.00000162. The minimum absolute atomic E-state index is 0. The first kappa shape index (κ1) is 14.2. The summed E-state index contributed by atoms with van der Waals surface area (Å²) in [4.78, 5) is -0.814. The number of quaternary nitrogens is 1. The molecule has 6 nitrogen and oxygen atoms in total. The first-order chi connectivity index (χ1) is 7.80. The van der Waals surface area contributed by atoms with Gasteiger partial charge in [-0.25, -0.2) is 8.42 Å². The van der Waals surface area contributed by atoms with Crippen molar-refractivity contribution in [3.63, 3.8) is 0 Å². The van der Waals surface area contributed by atoms with Crippen LogP contribution in [0.4, 0.5) is 0 Å². The van der Waals surface area contributed by atoms with Crippen LogP contribution in [-0.4, -0.2) is 23.2 Å². The maximum atomic E-state index is 10.9. The number of hydrogen-bond acceptors (Lipinski definition) is 5. The maximum Gasteiger partial charge on any atom is 0.141 e. The molecule has 2 aromatic rings. The zero-order valence-electron chi connectivity index (χ0n) is 9.84. The maximum absolute atomic E-state index is 10.9. The molecule has 2 aromatic carbocycles. The Morgan fingerprint density at radius 3 is 2.28 bits per heavy atom. The van der Waals surface area contributed by atoms with E-state index in [9.17, 15) is 23.2 Å². The number of aromatic hydroxyl groups is 2. The highest BCUT2D eigenvalue weighted by molar-refractivity contribution is 7.85. The van der Waals surface area contributed by atoms with Gasteiger partial charge in [-0.3, -0.25) is 0 Å². The summed E-state index contributed by atoms with van der Waals surface area (Å²) in [6.45, 7) is 1.79. The Morgan fingerprint density at radius 2 is 1.72 bits per heavy atom. The molecule has 6 N–H and O–H groups in total. The number of aryl methyl sites for hydroxylation is 1. The van der Waals surface area contributed by atoms with Crippen molar-refractivity contribution in [3.8, 4) is 11.5 Å². The number of fused-ring (bicyclic) bond motifs is 1. The third kappa shape index (κ3) is 2.23. The Morgan fingerprint density at radius 1 is 1.11 bits per heavy atom. The first-order valence-corrected chi connectivity index (χ1v) is 6.12. The number of phenolic OH excluding ortho intramolecular Hbond substituents is 2. The van der Waals surface area contributed by atoms with E-state index in [-0.39, 0.29) is 17.3 Å². The molecule has 98 valence electrons. The zero-order chi connectivity index (χ0) is 12.8. The molecule has 0 amide bonds. The zero-order valence-corrected chi connectivity index (χ0v) is 10.7. The fraction of sp³-hybridized carbons (Fsp3) is 0.0909. The summed E-state index contributed by atoms with van der Waals surface area (Å²) in [6, 6.07) is 5.45. The number of benzene rings is 2. The number of phenols is 2. The van der Waals surface area contributed by atoms with Crippen molar-refractivity contribution in [1.82, 2.24) is 6.15 Å². The van der Waals surface area contributed by atoms with E-state index >= 15 is 0 Å². The van der Waals surface area contributed by atoms with E-state index in [1.165, 1.54) is 6.07 Å². The van der Waals surface area contributed by atoms with Crippen LogP contribution in [0.3, 0.4) is 0 Å². The van der Waals surface area contributed by atoms with E-state index in [0.29, 0.717) is 5.39 Å². The van der Waals surface area contributed by atoms with E-state index < -0.39 is 20.8 Å². The fourth-order valence-corrected chi connectivity index (χ4v) is 2.27. The van der Waals surface area contributed by atoms with Crippen LogP contribution in [0, 0.1) is 6.92 Å². The van der Waals surface area contributed by atoms with Gasteiger partial charge in [0.25, 0.3) is 0 Å². The molecule has 18 heavy (non-hydrogen) atoms. The van der Waals surface area contributed by atoms with Crippen LogP contribution in [0.15, 0.2) is 29.2 Å². The molecule has 0 aliphatic heterocycles. The molecule has 0 aliphatic rings. The molecule has 0 atom stereocenters. The summed E-state index contributed by atoms with van der Waals surface area (Å²) in [6.07, 6.45) is 0. The molecule has 0 aliphatic carbocycles. The van der Waals surface area contributed by atoms with Crippen LogP contribution in [0.1, 0.15) is 5.56 Å². The molecule has 0 saturated heterocycles. The van der Waals surface area contributed by atoms with E-state index in [2.05, 4.69) is 0 Å². The molecule has 0 fully saturated rings. The topological polar surface area (TPSA) is 134 Å². The molecule has 0 bridgehead atoms. The van der Waals surface area contributed by atoms with Crippen LogP contribution in [0.2, 0.25) is 0 Å². The van der Waals surface area contributed by atoms with Gasteiger partial charge in [-0.15, -0.1) is 0 Å². The van der Waals surface area contributed by atoms with Crippen LogP contribution in [0.5, 0.6) is 11.5 Å². The third-order valence-electron chi connectivity index (χ3n) is 2.48. The van der Waals surface area contributed by atoms with Gasteiger partial charge in [-0.05, 0) is 13.0 Å². The van der Waals surface area contributed by atoms with Gasteiger partial charge in [-0.2, -0.15) is 0 Å². The molecule has 0 aromatic heterocycles. The lowest BCUT2D eigenvalue weighted by Crippen LogP contribution is -1.99. The predicted octanol–water partition coefficient (Wildman–Crippen LogP) is 1.84. The van der Waals surface area contributed by atoms with Gasteiger partial charge >= 0.3 is 0 Å². The lowest BCUT2D eigenvalue weighted by molar-refractivity contribution is 0.433. The molecule has 0 heterocycles. The first-order valence-electron chi connectivity index (χ1n) is 4.72. The molecular formula is C11H13NO5S. The van der Waals surface area contributed by atoms with E-state index in [1.807, 2.05) is 0 Å². The van der Waals surface area contributed by atoms with Crippen molar-refractivity contribution >= 4 is 20.9 Å². The molecular weight excluding hydrogens is 258 g/mol. The van der Waals surface area contributed by atoms with Gasteiger partial charge in [0.2, 0.25) is 0 Å². The summed E-state index contributed by atoms with van der Waals surface area (Å²) in [5.74, 6) is -0.983. The van der Waals surface area contributed by atoms with Crippen molar-refractivity contribution in [2.24, 2.45) is 0 Å². The predicted molar refractivity (Wildman–Crippen MR) is 66.0 cm³/mol. The summed E-state index contributed by atoms with van der Waals surface area (Å²) >= 11 is 0. The van der Waals surface area contributed by atoms with Gasteiger partial charge in [0.1, 0.15) is 26.5 Å². The van der Waals surface area contributed by atoms with Crippen LogP contribution in [-0.2, 0) is 10.1 Å².